The molecule has 1 unspecified atom stereocenters. The van der Waals surface area contributed by atoms with Crippen LogP contribution in [0.15, 0.2) is 0 Å². The molecule has 0 aromatic carbocycles. The van der Waals surface area contributed by atoms with Crippen molar-refractivity contribution in [2.75, 3.05) is 0 Å². The lowest BCUT2D eigenvalue weighted by molar-refractivity contribution is 0.00578. The summed E-state index contributed by atoms with van der Waals surface area (Å²) in [4.78, 5) is 0. The van der Waals surface area contributed by atoms with Crippen molar-refractivity contribution in [3.05, 3.63) is 0 Å². The van der Waals surface area contributed by atoms with Gasteiger partial charge in [-0.1, -0.05) is 90.9 Å². The van der Waals surface area contributed by atoms with Crippen LogP contribution in [-0.2, 0) is 9.31 Å². The molecule has 0 saturated carbocycles. The minimum atomic E-state index is -0.194. The quantitative estimate of drug-likeness (QED) is 0.262. The fraction of sp³-hybridized carbons (Fsp3) is 1.00. The number of rotatable bonds is 13. The first-order chi connectivity index (χ1) is 11.3. The summed E-state index contributed by atoms with van der Waals surface area (Å²) in [6, 6.07) is 0. The maximum atomic E-state index is 6.36. The molecule has 1 heterocycles. The summed E-state index contributed by atoms with van der Waals surface area (Å²) < 4.78 is 12.7. The van der Waals surface area contributed by atoms with Gasteiger partial charge in [-0.25, -0.2) is 0 Å². The van der Waals surface area contributed by atoms with Gasteiger partial charge in [0.1, 0.15) is 0 Å². The third-order valence-electron chi connectivity index (χ3n) is 6.01. The number of hydrogen-bond donors (Lipinski definition) is 0. The van der Waals surface area contributed by atoms with Crippen LogP contribution < -0.4 is 0 Å². The molecule has 0 spiro atoms. The van der Waals surface area contributed by atoms with Crippen molar-refractivity contribution in [2.24, 2.45) is 0 Å². The van der Waals surface area contributed by atoms with Gasteiger partial charge in [-0.05, 0) is 33.5 Å². The molecule has 0 radical (unpaired) electrons. The zero-order valence-corrected chi connectivity index (χ0v) is 17.5. The molecule has 1 atom stereocenters. The Kier molecular flexibility index (Phi) is 9.97. The van der Waals surface area contributed by atoms with Gasteiger partial charge in [0.2, 0.25) is 0 Å². The Morgan fingerprint density at radius 3 is 1.46 bits per heavy atom. The van der Waals surface area contributed by atoms with Gasteiger partial charge in [-0.3, -0.25) is 0 Å². The first kappa shape index (κ1) is 22.0. The average Bonchev–Trinajstić information content (AvgIpc) is 2.73. The smallest absolute Gasteiger partial charge is 0.403 e. The first-order valence-electron chi connectivity index (χ1n) is 10.7. The van der Waals surface area contributed by atoms with Crippen LogP contribution in [-0.4, -0.2) is 18.3 Å². The molecule has 1 aliphatic rings. The van der Waals surface area contributed by atoms with Crippen LogP contribution in [0.3, 0.4) is 0 Å². The summed E-state index contributed by atoms with van der Waals surface area (Å²) in [5.74, 6) is 0.564. The van der Waals surface area contributed by atoms with Crippen molar-refractivity contribution in [1.29, 1.82) is 0 Å². The zero-order chi connectivity index (χ0) is 18.1. The molecule has 142 valence electrons. The van der Waals surface area contributed by atoms with E-state index in [1.807, 2.05) is 0 Å². The molecule has 1 saturated heterocycles. The van der Waals surface area contributed by atoms with Gasteiger partial charge in [0.15, 0.2) is 0 Å². The summed E-state index contributed by atoms with van der Waals surface area (Å²) in [5.41, 5.74) is -0.388. The zero-order valence-electron chi connectivity index (χ0n) is 17.5. The highest BCUT2D eigenvalue weighted by molar-refractivity contribution is 6.47. The monoisotopic (exact) mass is 338 g/mol. The van der Waals surface area contributed by atoms with Crippen LogP contribution in [0.4, 0.5) is 0 Å². The van der Waals surface area contributed by atoms with Crippen molar-refractivity contribution in [3.63, 3.8) is 0 Å². The maximum absolute atomic E-state index is 6.36. The predicted molar refractivity (Wildman–Crippen MR) is 107 cm³/mol. The van der Waals surface area contributed by atoms with Gasteiger partial charge in [-0.2, -0.15) is 0 Å². The molecular formula is C21H43BO2. The molecule has 1 aliphatic heterocycles. The van der Waals surface area contributed by atoms with Crippen molar-refractivity contribution >= 4 is 7.12 Å². The van der Waals surface area contributed by atoms with Gasteiger partial charge in [0.05, 0.1) is 11.2 Å². The average molecular weight is 338 g/mol. The molecule has 0 amide bonds. The van der Waals surface area contributed by atoms with E-state index in [4.69, 9.17) is 9.31 Å². The predicted octanol–water partition coefficient (Wildman–Crippen LogP) is 7.17. The summed E-state index contributed by atoms with van der Waals surface area (Å²) in [6.45, 7) is 13.3. The fourth-order valence-electron chi connectivity index (χ4n) is 3.52. The summed E-state index contributed by atoms with van der Waals surface area (Å²) in [5, 5.41) is 0. The van der Waals surface area contributed by atoms with Crippen LogP contribution in [0.1, 0.15) is 119 Å². The summed E-state index contributed by atoms with van der Waals surface area (Å²) in [6.07, 6.45) is 16.0. The Balaban J connectivity index is 2.46. The minimum absolute atomic E-state index is 0.00716. The Hall–Kier alpha value is -0.0151. The lowest BCUT2D eigenvalue weighted by atomic mass is 9.66. The Bertz CT molecular complexity index is 312. The van der Waals surface area contributed by atoms with E-state index >= 15 is 0 Å². The molecular weight excluding hydrogens is 295 g/mol. The van der Waals surface area contributed by atoms with E-state index in [9.17, 15) is 0 Å². The van der Waals surface area contributed by atoms with Gasteiger partial charge in [-0.15, -0.1) is 0 Å². The highest BCUT2D eigenvalue weighted by Crippen LogP contribution is 2.42. The molecule has 0 bridgehead atoms. The van der Waals surface area contributed by atoms with E-state index in [0.717, 1.165) is 0 Å². The lowest BCUT2D eigenvalue weighted by Crippen LogP contribution is -2.41. The standard InChI is InChI=1S/C21H43BO2/c1-7-9-11-13-14-16-18-19(17-15-12-10-8-2)22-23-20(3,4)21(5,6)24-22/h19H,7-18H2,1-6H3. The van der Waals surface area contributed by atoms with E-state index in [1.165, 1.54) is 77.0 Å². The second-order valence-electron chi connectivity index (χ2n) is 8.79. The van der Waals surface area contributed by atoms with E-state index in [-0.39, 0.29) is 18.3 Å². The van der Waals surface area contributed by atoms with Crippen LogP contribution in [0, 0.1) is 0 Å². The highest BCUT2D eigenvalue weighted by Gasteiger charge is 2.53. The van der Waals surface area contributed by atoms with Crippen LogP contribution in [0.2, 0.25) is 5.82 Å². The highest BCUT2D eigenvalue weighted by atomic mass is 16.7. The normalized spacial score (nSPS) is 20.5. The summed E-state index contributed by atoms with van der Waals surface area (Å²) in [7, 11) is -0.00716. The van der Waals surface area contributed by atoms with Gasteiger partial charge in [0.25, 0.3) is 0 Å². The van der Waals surface area contributed by atoms with Crippen molar-refractivity contribution in [1.82, 2.24) is 0 Å². The number of unbranched alkanes of at least 4 members (excludes halogenated alkanes) is 8. The van der Waals surface area contributed by atoms with Crippen LogP contribution >= 0.6 is 0 Å². The molecule has 0 N–H and O–H groups in total. The second kappa shape index (κ2) is 10.9. The third-order valence-corrected chi connectivity index (χ3v) is 6.01. The number of hydrogen-bond acceptors (Lipinski definition) is 2. The molecule has 24 heavy (non-hydrogen) atoms. The third kappa shape index (κ3) is 7.08. The topological polar surface area (TPSA) is 18.5 Å². The van der Waals surface area contributed by atoms with Crippen LogP contribution in [0.25, 0.3) is 0 Å². The van der Waals surface area contributed by atoms with E-state index in [2.05, 4.69) is 41.5 Å². The summed E-state index contributed by atoms with van der Waals surface area (Å²) >= 11 is 0. The van der Waals surface area contributed by atoms with Crippen molar-refractivity contribution < 1.29 is 9.31 Å². The lowest BCUT2D eigenvalue weighted by Gasteiger charge is -2.32. The molecule has 1 rings (SSSR count). The van der Waals surface area contributed by atoms with Gasteiger partial charge < -0.3 is 9.31 Å². The Morgan fingerprint density at radius 1 is 0.625 bits per heavy atom. The van der Waals surface area contributed by atoms with E-state index < -0.39 is 0 Å². The largest absolute Gasteiger partial charge is 0.461 e. The maximum Gasteiger partial charge on any atom is 0.461 e. The molecule has 0 aromatic heterocycles. The van der Waals surface area contributed by atoms with Crippen molar-refractivity contribution in [3.8, 4) is 0 Å². The molecule has 1 fully saturated rings. The van der Waals surface area contributed by atoms with Crippen LogP contribution in [0.5, 0.6) is 0 Å². The molecule has 0 aliphatic carbocycles. The fourth-order valence-corrected chi connectivity index (χ4v) is 3.52. The SMILES string of the molecule is CCCCCCCCC(CCCCCC)B1OC(C)(C)C(C)(C)O1. The van der Waals surface area contributed by atoms with Gasteiger partial charge in [0, 0.05) is 0 Å². The molecule has 2 nitrogen and oxygen atoms in total. The Labute approximate surface area is 152 Å². The molecule has 0 aromatic rings. The second-order valence-corrected chi connectivity index (χ2v) is 8.79. The van der Waals surface area contributed by atoms with E-state index in [1.54, 1.807) is 0 Å². The first-order valence-corrected chi connectivity index (χ1v) is 10.7. The minimum Gasteiger partial charge on any atom is -0.403 e. The van der Waals surface area contributed by atoms with E-state index in [0.29, 0.717) is 5.82 Å². The molecule has 3 heteroatoms. The van der Waals surface area contributed by atoms with Gasteiger partial charge >= 0.3 is 7.12 Å². The Morgan fingerprint density at radius 2 is 1.00 bits per heavy atom. The van der Waals surface area contributed by atoms with Crippen molar-refractivity contribution in [2.45, 2.75) is 136 Å².